The molecule has 1 heterocycles. The zero-order valence-corrected chi connectivity index (χ0v) is 16.6. The molecule has 0 aliphatic carbocycles. The van der Waals surface area contributed by atoms with Crippen molar-refractivity contribution >= 4 is 34.3 Å². The Labute approximate surface area is 162 Å². The molecule has 0 aliphatic heterocycles. The number of carbonyl (C=O) groups is 1. The first-order valence-electron chi connectivity index (χ1n) is 8.99. The summed E-state index contributed by atoms with van der Waals surface area (Å²) in [6, 6.07) is 13.2. The maximum Gasteiger partial charge on any atom is 0.262 e. The lowest BCUT2D eigenvalue weighted by Crippen LogP contribution is -2.22. The number of hydrogen-bond acceptors (Lipinski definition) is 4. The first-order chi connectivity index (χ1) is 13.0. The Kier molecular flexibility index (Phi) is 5.96. The molecule has 1 N–H and O–H groups in total. The predicted molar refractivity (Wildman–Crippen MR) is 112 cm³/mol. The molecular weight excluding hydrogens is 358 g/mol. The Bertz CT molecular complexity index is 1040. The third-order valence-corrected chi connectivity index (χ3v) is 5.56. The minimum Gasteiger partial charge on any atom is -0.326 e. The van der Waals surface area contributed by atoms with Crippen molar-refractivity contribution in [3.8, 4) is 0 Å². The van der Waals surface area contributed by atoms with Crippen LogP contribution in [-0.4, -0.2) is 21.2 Å². The zero-order valence-electron chi connectivity index (χ0n) is 15.8. The van der Waals surface area contributed by atoms with Crippen LogP contribution in [0.25, 0.3) is 10.9 Å². The number of carbonyl (C=O) groups excluding carboxylic acids is 1. The number of anilines is 1. The van der Waals surface area contributed by atoms with Crippen molar-refractivity contribution in [2.75, 3.05) is 11.1 Å². The SMILES string of the molecule is CCn1c(SCCC(=O)Nc2cccc(C)c2C)nc2ccccc2c1=O. The number of nitrogens with zero attached hydrogens (tertiary/aromatic N) is 2. The lowest BCUT2D eigenvalue weighted by Gasteiger charge is -2.12. The molecule has 5 nitrogen and oxygen atoms in total. The van der Waals surface area contributed by atoms with Crippen molar-refractivity contribution in [3.05, 3.63) is 63.9 Å². The van der Waals surface area contributed by atoms with E-state index in [1.807, 2.05) is 57.2 Å². The molecule has 0 unspecified atom stereocenters. The van der Waals surface area contributed by atoms with E-state index in [0.29, 0.717) is 34.8 Å². The molecule has 0 aliphatic rings. The fraction of sp³-hybridized carbons (Fsp3) is 0.286. The van der Waals surface area contributed by atoms with Gasteiger partial charge in [0.2, 0.25) is 5.91 Å². The molecular formula is C21H23N3O2S. The Morgan fingerprint density at radius 2 is 1.93 bits per heavy atom. The number of nitrogens with one attached hydrogen (secondary N) is 1. The van der Waals surface area contributed by atoms with E-state index in [4.69, 9.17) is 0 Å². The van der Waals surface area contributed by atoms with Crippen molar-refractivity contribution in [1.82, 2.24) is 9.55 Å². The van der Waals surface area contributed by atoms with Crippen LogP contribution in [0.3, 0.4) is 0 Å². The number of rotatable bonds is 6. The first-order valence-corrected chi connectivity index (χ1v) is 9.98. The Morgan fingerprint density at radius 3 is 2.70 bits per heavy atom. The molecule has 1 amide bonds. The number of aryl methyl sites for hydroxylation is 1. The van der Waals surface area contributed by atoms with Gasteiger partial charge >= 0.3 is 0 Å². The Morgan fingerprint density at radius 1 is 1.15 bits per heavy atom. The van der Waals surface area contributed by atoms with E-state index in [-0.39, 0.29) is 11.5 Å². The highest BCUT2D eigenvalue weighted by atomic mass is 32.2. The van der Waals surface area contributed by atoms with Crippen molar-refractivity contribution < 1.29 is 4.79 Å². The molecule has 0 radical (unpaired) electrons. The number of hydrogen-bond donors (Lipinski definition) is 1. The topological polar surface area (TPSA) is 64.0 Å². The molecule has 2 aromatic carbocycles. The monoisotopic (exact) mass is 381 g/mol. The van der Waals surface area contributed by atoms with E-state index in [0.717, 1.165) is 16.8 Å². The predicted octanol–water partition coefficient (Wildman–Crippen LogP) is 4.15. The maximum atomic E-state index is 12.6. The van der Waals surface area contributed by atoms with Gasteiger partial charge in [0, 0.05) is 24.4 Å². The van der Waals surface area contributed by atoms with Gasteiger partial charge in [-0.1, -0.05) is 36.0 Å². The van der Waals surface area contributed by atoms with Gasteiger partial charge in [-0.25, -0.2) is 4.98 Å². The average molecular weight is 382 g/mol. The van der Waals surface area contributed by atoms with E-state index >= 15 is 0 Å². The van der Waals surface area contributed by atoms with Crippen molar-refractivity contribution in [3.63, 3.8) is 0 Å². The molecule has 0 atom stereocenters. The standard InChI is InChI=1S/C21H23N3O2S/c1-4-24-20(26)16-9-5-6-10-18(16)23-21(24)27-13-12-19(25)22-17-11-7-8-14(2)15(17)3/h5-11H,4,12-13H2,1-3H3,(H,22,25). The second kappa shape index (κ2) is 8.39. The molecule has 6 heteroatoms. The number of aromatic nitrogens is 2. The summed E-state index contributed by atoms with van der Waals surface area (Å²) in [6.07, 6.45) is 0.352. The van der Waals surface area contributed by atoms with E-state index in [9.17, 15) is 9.59 Å². The molecule has 27 heavy (non-hydrogen) atoms. The molecule has 140 valence electrons. The van der Waals surface area contributed by atoms with Gasteiger partial charge in [0.05, 0.1) is 10.9 Å². The summed E-state index contributed by atoms with van der Waals surface area (Å²) in [5, 5.41) is 4.24. The third kappa shape index (κ3) is 4.22. The summed E-state index contributed by atoms with van der Waals surface area (Å²) in [5.74, 6) is 0.518. The van der Waals surface area contributed by atoms with E-state index in [2.05, 4.69) is 10.3 Å². The van der Waals surface area contributed by atoms with Gasteiger partial charge in [-0.3, -0.25) is 14.2 Å². The van der Waals surface area contributed by atoms with Gasteiger partial charge in [-0.05, 0) is 50.1 Å². The van der Waals surface area contributed by atoms with Crippen LogP contribution in [0.2, 0.25) is 0 Å². The highest BCUT2D eigenvalue weighted by Gasteiger charge is 2.11. The third-order valence-electron chi connectivity index (χ3n) is 4.58. The number of amides is 1. The van der Waals surface area contributed by atoms with Gasteiger partial charge in [-0.2, -0.15) is 0 Å². The molecule has 0 saturated carbocycles. The van der Waals surface area contributed by atoms with Crippen LogP contribution in [0.5, 0.6) is 0 Å². The lowest BCUT2D eigenvalue weighted by atomic mass is 10.1. The molecule has 0 saturated heterocycles. The second-order valence-corrected chi connectivity index (χ2v) is 7.42. The molecule has 0 bridgehead atoms. The molecule has 0 fully saturated rings. The smallest absolute Gasteiger partial charge is 0.262 e. The van der Waals surface area contributed by atoms with Crippen molar-refractivity contribution in [2.45, 2.75) is 38.9 Å². The Hall–Kier alpha value is -2.60. The maximum absolute atomic E-state index is 12.6. The highest BCUT2D eigenvalue weighted by Crippen LogP contribution is 2.20. The first kappa shape index (κ1) is 19.2. The fourth-order valence-electron chi connectivity index (χ4n) is 2.87. The normalized spacial score (nSPS) is 10.9. The molecule has 1 aromatic heterocycles. The second-order valence-electron chi connectivity index (χ2n) is 6.36. The molecule has 3 rings (SSSR count). The summed E-state index contributed by atoms with van der Waals surface area (Å²) < 4.78 is 1.66. The minimum absolute atomic E-state index is 0.0366. The van der Waals surface area contributed by atoms with E-state index in [1.165, 1.54) is 11.8 Å². The number of benzene rings is 2. The Balaban J connectivity index is 1.69. The molecule has 0 spiro atoms. The van der Waals surface area contributed by atoms with Crippen LogP contribution in [-0.2, 0) is 11.3 Å². The lowest BCUT2D eigenvalue weighted by molar-refractivity contribution is -0.115. The summed E-state index contributed by atoms with van der Waals surface area (Å²) in [5.41, 5.74) is 3.73. The van der Waals surface area contributed by atoms with Crippen LogP contribution in [0.4, 0.5) is 5.69 Å². The minimum atomic E-state index is -0.0395. The summed E-state index contributed by atoms with van der Waals surface area (Å²) in [6.45, 7) is 6.50. The van der Waals surface area contributed by atoms with Gasteiger partial charge in [0.15, 0.2) is 5.16 Å². The van der Waals surface area contributed by atoms with E-state index < -0.39 is 0 Å². The summed E-state index contributed by atoms with van der Waals surface area (Å²) in [4.78, 5) is 29.5. The number of para-hydroxylation sites is 1. The van der Waals surface area contributed by atoms with Crippen LogP contribution < -0.4 is 10.9 Å². The average Bonchev–Trinajstić information content (AvgIpc) is 2.66. The van der Waals surface area contributed by atoms with E-state index in [1.54, 1.807) is 10.6 Å². The van der Waals surface area contributed by atoms with Crippen molar-refractivity contribution in [1.29, 1.82) is 0 Å². The zero-order chi connectivity index (χ0) is 19.4. The summed E-state index contributed by atoms with van der Waals surface area (Å²) >= 11 is 1.44. The van der Waals surface area contributed by atoms with Crippen LogP contribution in [0.1, 0.15) is 24.5 Å². The quantitative estimate of drug-likeness (QED) is 0.514. The highest BCUT2D eigenvalue weighted by molar-refractivity contribution is 7.99. The van der Waals surface area contributed by atoms with Crippen LogP contribution in [0, 0.1) is 13.8 Å². The van der Waals surface area contributed by atoms with Gasteiger partial charge in [0.25, 0.3) is 5.56 Å². The number of thioether (sulfide) groups is 1. The van der Waals surface area contributed by atoms with Gasteiger partial charge in [-0.15, -0.1) is 0 Å². The van der Waals surface area contributed by atoms with Gasteiger partial charge in [0.1, 0.15) is 0 Å². The van der Waals surface area contributed by atoms with Crippen LogP contribution in [0.15, 0.2) is 52.4 Å². The van der Waals surface area contributed by atoms with Crippen molar-refractivity contribution in [2.24, 2.45) is 0 Å². The van der Waals surface area contributed by atoms with Gasteiger partial charge < -0.3 is 5.32 Å². The number of fused-ring (bicyclic) bond motifs is 1. The fourth-order valence-corrected chi connectivity index (χ4v) is 3.87. The summed E-state index contributed by atoms with van der Waals surface area (Å²) in [7, 11) is 0. The largest absolute Gasteiger partial charge is 0.326 e. The molecule has 3 aromatic rings. The van der Waals surface area contributed by atoms with Crippen LogP contribution >= 0.6 is 11.8 Å².